The van der Waals surface area contributed by atoms with Gasteiger partial charge in [-0.05, 0) is 53.3 Å². The van der Waals surface area contributed by atoms with Crippen LogP contribution in [0.3, 0.4) is 0 Å². The molecular formula is C44H28N6S2. The Balaban J connectivity index is 1.12. The van der Waals surface area contributed by atoms with Gasteiger partial charge in [0.1, 0.15) is 12.4 Å². The maximum absolute atomic E-state index is 5.12. The minimum absolute atomic E-state index is 0.625. The molecule has 0 atom stereocenters. The monoisotopic (exact) mass is 704 g/mol. The minimum Gasteiger partial charge on any atom is -0.397 e. The van der Waals surface area contributed by atoms with Crippen molar-refractivity contribution in [1.29, 1.82) is 0 Å². The zero-order valence-electron chi connectivity index (χ0n) is 27.7. The molecule has 6 nitrogen and oxygen atoms in total. The largest absolute Gasteiger partial charge is 0.397 e. The van der Waals surface area contributed by atoms with E-state index in [0.717, 1.165) is 39.5 Å². The Morgan fingerprint density at radius 3 is 1.52 bits per heavy atom. The first kappa shape index (κ1) is 30.5. The standard InChI is InChI=1S/C44H28N6S2/c1-5-13-28(14-6-1)27-50-43(48-42(49-50)31-19-11-4-12-20-31)33-22-24-37-35(26-33)38-34-25-32(21-23-36(34)51-44(38)52-37)41-46-39(29-15-7-2-8-16-29)45-40(47-41)30-17-9-3-10-18-30/h1-26H,27H2. The summed E-state index contributed by atoms with van der Waals surface area (Å²) in [6.45, 7) is 0.625. The van der Waals surface area contributed by atoms with Crippen LogP contribution in [-0.2, 0) is 6.54 Å². The van der Waals surface area contributed by atoms with Crippen molar-refractivity contribution in [3.63, 3.8) is 0 Å². The van der Waals surface area contributed by atoms with E-state index in [2.05, 4.69) is 72.8 Å². The second-order valence-corrected chi connectivity index (χ2v) is 15.0. The molecule has 8 heteroatoms. The summed E-state index contributed by atoms with van der Waals surface area (Å²) in [5.41, 5.74) is 6.06. The van der Waals surface area contributed by atoms with Gasteiger partial charge in [-0.3, -0.25) is 9.78 Å². The third kappa shape index (κ3) is 5.55. The van der Waals surface area contributed by atoms with Crippen molar-refractivity contribution >= 4 is 52.2 Å². The molecule has 0 spiro atoms. The first-order valence-electron chi connectivity index (χ1n) is 17.0. The normalized spacial score (nSPS) is 11.5. The van der Waals surface area contributed by atoms with Crippen molar-refractivity contribution in [3.8, 4) is 56.9 Å². The summed E-state index contributed by atoms with van der Waals surface area (Å²) in [5.74, 6) is 3.52. The Morgan fingerprint density at radius 1 is 0.462 bits per heavy atom. The van der Waals surface area contributed by atoms with Crippen molar-refractivity contribution < 1.29 is 4.68 Å². The molecule has 4 heterocycles. The van der Waals surface area contributed by atoms with Gasteiger partial charge < -0.3 is 4.98 Å². The number of benzene rings is 6. The molecule has 10 aromatic rings. The molecule has 0 bridgehead atoms. The summed E-state index contributed by atoms with van der Waals surface area (Å²) >= 11 is 3.67. The van der Waals surface area contributed by atoms with Gasteiger partial charge in [0.15, 0.2) is 17.5 Å². The van der Waals surface area contributed by atoms with Gasteiger partial charge in [-0.15, -0.1) is 22.7 Å². The molecule has 0 saturated carbocycles. The topological polar surface area (TPSA) is 69.5 Å². The number of rotatable bonds is 7. The summed E-state index contributed by atoms with van der Waals surface area (Å²) in [5, 5.41) is 8.67. The average molecular weight is 705 g/mol. The van der Waals surface area contributed by atoms with Crippen LogP contribution in [0.4, 0.5) is 0 Å². The quantitative estimate of drug-likeness (QED) is 0.155. The van der Waals surface area contributed by atoms with Gasteiger partial charge in [0, 0.05) is 47.8 Å². The lowest BCUT2D eigenvalue weighted by molar-refractivity contribution is -0.737. The molecule has 0 aliphatic heterocycles. The van der Waals surface area contributed by atoms with Gasteiger partial charge in [0.05, 0.1) is 4.01 Å². The summed E-state index contributed by atoms with van der Waals surface area (Å²) in [6, 6.07) is 54.1. The van der Waals surface area contributed by atoms with Gasteiger partial charge in [-0.2, -0.15) is 0 Å². The molecule has 246 valence electrons. The van der Waals surface area contributed by atoms with Gasteiger partial charge in [0.2, 0.25) is 0 Å². The molecule has 0 N–H and O–H groups in total. The van der Waals surface area contributed by atoms with Crippen molar-refractivity contribution in [3.05, 3.63) is 163 Å². The van der Waals surface area contributed by atoms with E-state index < -0.39 is 0 Å². The van der Waals surface area contributed by atoms with E-state index in [1.807, 2.05) is 112 Å². The maximum atomic E-state index is 5.12. The first-order chi connectivity index (χ1) is 25.7. The highest BCUT2D eigenvalue weighted by Crippen LogP contribution is 2.46. The van der Waals surface area contributed by atoms with E-state index in [4.69, 9.17) is 25.0 Å². The Hall–Kier alpha value is -6.35. The number of aromatic nitrogens is 6. The molecule has 4 aromatic heterocycles. The van der Waals surface area contributed by atoms with Crippen molar-refractivity contribution in [2.75, 3.05) is 0 Å². The maximum Gasteiger partial charge on any atom is 0.164 e. The highest BCUT2D eigenvalue weighted by atomic mass is 32.2. The lowest BCUT2D eigenvalue weighted by atomic mass is 10.1. The van der Waals surface area contributed by atoms with Crippen LogP contribution in [0.15, 0.2) is 158 Å². The molecule has 52 heavy (non-hydrogen) atoms. The fourth-order valence-corrected chi connectivity index (χ4v) is 9.23. The summed E-state index contributed by atoms with van der Waals surface area (Å²) in [7, 11) is 0. The van der Waals surface area contributed by atoms with Crippen LogP contribution in [0.1, 0.15) is 5.56 Å². The van der Waals surface area contributed by atoms with Gasteiger partial charge in [-0.25, -0.2) is 15.0 Å². The van der Waals surface area contributed by atoms with Crippen LogP contribution in [0.25, 0.3) is 86.5 Å². The van der Waals surface area contributed by atoms with Crippen LogP contribution in [-0.4, -0.2) is 19.9 Å². The number of fused-ring (bicyclic) bond motifs is 5. The molecule has 0 amide bonds. The third-order valence-corrected chi connectivity index (χ3v) is 11.6. The van der Waals surface area contributed by atoms with E-state index in [0.29, 0.717) is 24.0 Å². The number of hydrogen-bond acceptors (Lipinski definition) is 6. The van der Waals surface area contributed by atoms with Crippen LogP contribution in [0, 0.1) is 0 Å². The van der Waals surface area contributed by atoms with Crippen molar-refractivity contribution in [2.45, 2.75) is 6.54 Å². The van der Waals surface area contributed by atoms with Crippen LogP contribution >= 0.6 is 22.7 Å². The molecule has 0 aliphatic carbocycles. The zero-order valence-corrected chi connectivity index (χ0v) is 29.4. The predicted octanol–water partition coefficient (Wildman–Crippen LogP) is 10.5. The van der Waals surface area contributed by atoms with E-state index in [-0.39, 0.29) is 0 Å². The van der Waals surface area contributed by atoms with Crippen molar-refractivity contribution in [2.24, 2.45) is 0 Å². The van der Waals surface area contributed by atoms with Crippen LogP contribution in [0.5, 0.6) is 0 Å². The highest BCUT2D eigenvalue weighted by molar-refractivity contribution is 7.44. The van der Waals surface area contributed by atoms with E-state index >= 15 is 0 Å². The van der Waals surface area contributed by atoms with Crippen molar-refractivity contribution in [1.82, 2.24) is 25.0 Å². The van der Waals surface area contributed by atoms with Gasteiger partial charge in [0.25, 0.3) is 0 Å². The summed E-state index contributed by atoms with van der Waals surface area (Å²) < 4.78 is 5.80. The number of hydrogen-bond donors (Lipinski definition) is 0. The molecular weight excluding hydrogens is 677 g/mol. The average Bonchev–Trinajstić information content (AvgIpc) is 3.91. The Morgan fingerprint density at radius 2 is 0.942 bits per heavy atom. The Labute approximate surface area is 307 Å². The molecule has 6 aromatic carbocycles. The fourth-order valence-electron chi connectivity index (χ4n) is 6.66. The summed E-state index contributed by atoms with van der Waals surface area (Å²) in [6.07, 6.45) is 0. The van der Waals surface area contributed by atoms with Gasteiger partial charge in [-0.1, -0.05) is 121 Å². The molecule has 0 saturated heterocycles. The lowest BCUT2D eigenvalue weighted by Crippen LogP contribution is -2.40. The van der Waals surface area contributed by atoms with E-state index in [9.17, 15) is 0 Å². The number of nitrogens with zero attached hydrogens (tertiary/aromatic N) is 6. The van der Waals surface area contributed by atoms with Crippen LogP contribution < -0.4 is 9.78 Å². The fraction of sp³-hybridized carbons (Fsp3) is 0.0227. The highest BCUT2D eigenvalue weighted by Gasteiger charge is 2.18. The smallest absolute Gasteiger partial charge is 0.164 e. The van der Waals surface area contributed by atoms with Crippen LogP contribution in [0.2, 0.25) is 0 Å². The lowest BCUT2D eigenvalue weighted by Gasteiger charge is -2.09. The second-order valence-electron chi connectivity index (χ2n) is 12.6. The third-order valence-electron chi connectivity index (χ3n) is 9.20. The van der Waals surface area contributed by atoms with Gasteiger partial charge >= 0.3 is 0 Å². The SMILES string of the molecule is c1ccc(C[n+]2[n-]c(-c3ccccc3)nc2-c2ccc3sc4sc5ccc(-c6nc(-c7ccccc7)nc(-c7ccccc7)n6)cc5c4c3c2)cc1. The van der Waals surface area contributed by atoms with E-state index in [1.165, 1.54) is 35.1 Å². The predicted molar refractivity (Wildman–Crippen MR) is 212 cm³/mol. The Kier molecular flexibility index (Phi) is 7.48. The van der Waals surface area contributed by atoms with E-state index in [1.54, 1.807) is 0 Å². The molecule has 0 unspecified atom stereocenters. The number of thiophene rings is 2. The molecule has 0 fully saturated rings. The molecule has 10 rings (SSSR count). The first-order valence-corrected chi connectivity index (χ1v) is 18.7. The zero-order chi connectivity index (χ0) is 34.4. The Bertz CT molecular complexity index is 2810. The molecule has 0 radical (unpaired) electrons. The summed E-state index contributed by atoms with van der Waals surface area (Å²) in [4.78, 5) is 20.0. The minimum atomic E-state index is 0.625. The second kappa shape index (κ2) is 12.8. The molecule has 0 aliphatic rings.